The van der Waals surface area contributed by atoms with Gasteiger partial charge in [0.15, 0.2) is 11.6 Å². The first-order valence-electron chi connectivity index (χ1n) is 7.93. The molecule has 27 heavy (non-hydrogen) atoms. The van der Waals surface area contributed by atoms with E-state index in [4.69, 9.17) is 4.84 Å². The molecule has 0 spiro atoms. The molecule has 0 radical (unpaired) electrons. The lowest BCUT2D eigenvalue weighted by atomic mass is 10.1. The Kier molecular flexibility index (Phi) is 7.06. The van der Waals surface area contributed by atoms with Crippen LogP contribution in [0.25, 0.3) is 0 Å². The zero-order chi connectivity index (χ0) is 20.2. The summed E-state index contributed by atoms with van der Waals surface area (Å²) in [4.78, 5) is 17.2. The largest absolute Gasteiger partial charge is 0.390 e. The van der Waals surface area contributed by atoms with Crippen LogP contribution in [0.5, 0.6) is 0 Å². The molecule has 2 aromatic carbocycles. The summed E-state index contributed by atoms with van der Waals surface area (Å²) in [5.74, 6) is -4.04. The van der Waals surface area contributed by atoms with Crippen LogP contribution >= 0.6 is 22.6 Å². The lowest BCUT2D eigenvalue weighted by Gasteiger charge is -2.17. The molecule has 0 saturated carbocycles. The number of aliphatic hydroxyl groups is 1. The van der Waals surface area contributed by atoms with Gasteiger partial charge in [-0.3, -0.25) is 9.63 Å². The van der Waals surface area contributed by atoms with E-state index < -0.39 is 34.6 Å². The number of anilines is 2. The monoisotopic (exact) mass is 494 g/mol. The standard InChI is InChI=1S/C18H18F3IN2O3/c1-18(2,26)7-8-27-24-17(25)11-4-5-12(19)15(21)16(11)23-14-6-3-10(22)9-13(14)20/h3-6,9,23,26H,7-8H2,1-2H3,(H,24,25). The lowest BCUT2D eigenvalue weighted by Crippen LogP contribution is -2.28. The van der Waals surface area contributed by atoms with Gasteiger partial charge in [-0.1, -0.05) is 0 Å². The van der Waals surface area contributed by atoms with Crippen molar-refractivity contribution >= 4 is 39.9 Å². The van der Waals surface area contributed by atoms with Crippen molar-refractivity contribution in [3.63, 3.8) is 0 Å². The third-order valence-corrected chi connectivity index (χ3v) is 4.18. The van der Waals surface area contributed by atoms with Crippen LogP contribution in [0.1, 0.15) is 30.6 Å². The molecule has 3 N–H and O–H groups in total. The van der Waals surface area contributed by atoms with E-state index in [0.717, 1.165) is 12.1 Å². The van der Waals surface area contributed by atoms with Gasteiger partial charge in [0.25, 0.3) is 5.91 Å². The van der Waals surface area contributed by atoms with Crippen LogP contribution in [0.3, 0.4) is 0 Å². The first-order valence-corrected chi connectivity index (χ1v) is 9.01. The number of carbonyl (C=O) groups excluding carboxylic acids is 1. The zero-order valence-electron chi connectivity index (χ0n) is 14.6. The Labute approximate surface area is 168 Å². The van der Waals surface area contributed by atoms with Gasteiger partial charge in [0, 0.05) is 9.99 Å². The second-order valence-electron chi connectivity index (χ2n) is 6.38. The Morgan fingerprint density at radius 3 is 2.52 bits per heavy atom. The van der Waals surface area contributed by atoms with E-state index in [2.05, 4.69) is 10.8 Å². The Bertz CT molecular complexity index is 841. The third-order valence-electron chi connectivity index (χ3n) is 3.51. The van der Waals surface area contributed by atoms with Crippen molar-refractivity contribution in [1.29, 1.82) is 0 Å². The molecule has 0 aromatic heterocycles. The van der Waals surface area contributed by atoms with Gasteiger partial charge in [-0.25, -0.2) is 18.7 Å². The molecule has 9 heteroatoms. The molecule has 1 amide bonds. The van der Waals surface area contributed by atoms with Crippen molar-refractivity contribution in [2.24, 2.45) is 0 Å². The maximum Gasteiger partial charge on any atom is 0.277 e. The van der Waals surface area contributed by atoms with Crippen molar-refractivity contribution in [3.8, 4) is 0 Å². The molecule has 0 heterocycles. The van der Waals surface area contributed by atoms with E-state index in [1.54, 1.807) is 19.9 Å². The predicted molar refractivity (Wildman–Crippen MR) is 103 cm³/mol. The highest BCUT2D eigenvalue weighted by atomic mass is 127. The van der Waals surface area contributed by atoms with Gasteiger partial charge in [0.1, 0.15) is 5.82 Å². The van der Waals surface area contributed by atoms with Crippen LogP contribution in [0.2, 0.25) is 0 Å². The maximum atomic E-state index is 14.2. The number of amides is 1. The molecule has 0 aliphatic carbocycles. The smallest absolute Gasteiger partial charge is 0.277 e. The molecule has 2 rings (SSSR count). The Morgan fingerprint density at radius 2 is 1.89 bits per heavy atom. The summed E-state index contributed by atoms with van der Waals surface area (Å²) in [7, 11) is 0. The minimum Gasteiger partial charge on any atom is -0.390 e. The van der Waals surface area contributed by atoms with Gasteiger partial charge in [-0.15, -0.1) is 0 Å². The summed E-state index contributed by atoms with van der Waals surface area (Å²) in [6, 6.07) is 5.97. The average Bonchev–Trinajstić information content (AvgIpc) is 2.57. The number of nitrogens with one attached hydrogen (secondary N) is 2. The molecular weight excluding hydrogens is 476 g/mol. The van der Waals surface area contributed by atoms with Gasteiger partial charge in [-0.05, 0) is 66.8 Å². The molecule has 0 fully saturated rings. The van der Waals surface area contributed by atoms with Gasteiger partial charge >= 0.3 is 0 Å². The summed E-state index contributed by atoms with van der Waals surface area (Å²) in [6.45, 7) is 3.16. The van der Waals surface area contributed by atoms with Crippen molar-refractivity contribution < 1.29 is 27.9 Å². The highest BCUT2D eigenvalue weighted by Gasteiger charge is 2.21. The molecule has 146 valence electrons. The molecule has 0 aliphatic rings. The Balaban J connectivity index is 2.21. The SMILES string of the molecule is CC(C)(O)CCONC(=O)c1ccc(F)c(F)c1Nc1ccc(I)cc1F. The van der Waals surface area contributed by atoms with Crippen LogP contribution in [0.15, 0.2) is 30.3 Å². The fraction of sp³-hybridized carbons (Fsp3) is 0.278. The fourth-order valence-electron chi connectivity index (χ4n) is 2.06. The second-order valence-corrected chi connectivity index (χ2v) is 7.62. The van der Waals surface area contributed by atoms with E-state index in [9.17, 15) is 23.1 Å². The highest BCUT2D eigenvalue weighted by Crippen LogP contribution is 2.28. The van der Waals surface area contributed by atoms with E-state index in [1.165, 1.54) is 12.1 Å². The Hall–Kier alpha value is -1.85. The maximum absolute atomic E-state index is 14.2. The molecule has 0 aliphatic heterocycles. The summed E-state index contributed by atoms with van der Waals surface area (Å²) in [5.41, 5.74) is 0.212. The number of hydrogen-bond donors (Lipinski definition) is 3. The van der Waals surface area contributed by atoms with E-state index >= 15 is 0 Å². The van der Waals surface area contributed by atoms with E-state index in [1.807, 2.05) is 22.6 Å². The summed E-state index contributed by atoms with van der Waals surface area (Å²) < 4.78 is 42.5. The minimum absolute atomic E-state index is 0.00737. The van der Waals surface area contributed by atoms with Crippen molar-refractivity contribution in [2.45, 2.75) is 25.9 Å². The van der Waals surface area contributed by atoms with Crippen molar-refractivity contribution in [3.05, 3.63) is 56.9 Å². The molecular formula is C18H18F3IN2O3. The lowest BCUT2D eigenvalue weighted by molar-refractivity contribution is -0.00570. The van der Waals surface area contributed by atoms with Crippen molar-refractivity contribution in [1.82, 2.24) is 5.48 Å². The van der Waals surface area contributed by atoms with Crippen molar-refractivity contribution in [2.75, 3.05) is 11.9 Å². The molecule has 0 bridgehead atoms. The number of hydrogen-bond acceptors (Lipinski definition) is 4. The second kappa shape index (κ2) is 8.89. The van der Waals surface area contributed by atoms with Gasteiger partial charge < -0.3 is 10.4 Å². The average molecular weight is 494 g/mol. The van der Waals surface area contributed by atoms with E-state index in [-0.39, 0.29) is 24.3 Å². The Morgan fingerprint density at radius 1 is 1.19 bits per heavy atom. The summed E-state index contributed by atoms with van der Waals surface area (Å²) >= 11 is 1.91. The molecule has 5 nitrogen and oxygen atoms in total. The van der Waals surface area contributed by atoms with Crippen LogP contribution < -0.4 is 10.8 Å². The minimum atomic E-state index is -1.32. The van der Waals surface area contributed by atoms with Crippen LogP contribution in [0, 0.1) is 21.0 Å². The normalized spacial score (nSPS) is 11.4. The highest BCUT2D eigenvalue weighted by molar-refractivity contribution is 14.1. The number of carbonyl (C=O) groups is 1. The van der Waals surface area contributed by atoms with E-state index in [0.29, 0.717) is 3.57 Å². The molecule has 0 unspecified atom stereocenters. The fourth-order valence-corrected chi connectivity index (χ4v) is 2.51. The van der Waals surface area contributed by atoms with Crippen LogP contribution in [0.4, 0.5) is 24.5 Å². The van der Waals surface area contributed by atoms with Gasteiger partial charge in [0.05, 0.1) is 29.1 Å². The summed E-state index contributed by atoms with van der Waals surface area (Å²) in [5, 5.41) is 12.0. The van der Waals surface area contributed by atoms with Crippen LogP contribution in [-0.4, -0.2) is 23.2 Å². The topological polar surface area (TPSA) is 70.6 Å². The number of benzene rings is 2. The first kappa shape index (κ1) is 21.5. The van der Waals surface area contributed by atoms with Crippen LogP contribution in [-0.2, 0) is 4.84 Å². The number of hydroxylamine groups is 1. The quantitative estimate of drug-likeness (QED) is 0.306. The molecule has 2 aromatic rings. The number of rotatable bonds is 7. The molecule has 0 saturated heterocycles. The predicted octanol–water partition coefficient (Wildman–Crippen LogP) is 4.27. The van der Waals surface area contributed by atoms with Gasteiger partial charge in [0.2, 0.25) is 0 Å². The van der Waals surface area contributed by atoms with Gasteiger partial charge in [-0.2, -0.15) is 0 Å². The first-order chi connectivity index (χ1) is 12.6. The number of halogens is 4. The third kappa shape index (κ3) is 6.08. The molecule has 0 atom stereocenters. The summed E-state index contributed by atoms with van der Waals surface area (Å²) in [6.07, 6.45) is 0.240. The zero-order valence-corrected chi connectivity index (χ0v) is 16.7.